The highest BCUT2D eigenvalue weighted by Crippen LogP contribution is 2.32. The van der Waals surface area contributed by atoms with Crippen LogP contribution in [0.25, 0.3) is 10.8 Å². The molecule has 4 N–H and O–H groups in total. The number of rotatable bonds is 6. The standard InChI is InChI=1S/C21H15ClF3N5O4/c1-34-20(33)16-14(22)7-10(9-28-16)29-19(32)13(8-26)17(21(23,24)25)30-15-4-2-3-12-11(15)5-6-27-18(12)31/h2-9,26,30H,1H3,(H,27,31)(H,29,32)/b17-13+,26-8?. The number of hydrogen-bond donors (Lipinski definition) is 4. The Bertz CT molecular complexity index is 1380. The summed E-state index contributed by atoms with van der Waals surface area (Å²) in [7, 11) is 1.11. The number of nitrogens with one attached hydrogen (secondary N) is 4. The maximum absolute atomic E-state index is 13.9. The zero-order chi connectivity index (χ0) is 25.0. The number of halogens is 4. The van der Waals surface area contributed by atoms with E-state index in [1.54, 1.807) is 0 Å². The van der Waals surface area contributed by atoms with Crippen molar-refractivity contribution in [1.29, 1.82) is 5.41 Å². The molecule has 0 aliphatic heterocycles. The van der Waals surface area contributed by atoms with Crippen LogP contribution in [0.1, 0.15) is 10.5 Å². The van der Waals surface area contributed by atoms with Gasteiger partial charge in [0.25, 0.3) is 11.5 Å². The number of ether oxygens (including phenoxy) is 1. The van der Waals surface area contributed by atoms with Crippen molar-refractivity contribution in [2.75, 3.05) is 17.7 Å². The number of carbonyl (C=O) groups excluding carboxylic acids is 2. The number of carbonyl (C=O) groups is 2. The monoisotopic (exact) mass is 493 g/mol. The lowest BCUT2D eigenvalue weighted by molar-refractivity contribution is -0.114. The molecule has 9 nitrogen and oxygen atoms in total. The third kappa shape index (κ3) is 5.07. The Morgan fingerprint density at radius 1 is 1.21 bits per heavy atom. The van der Waals surface area contributed by atoms with E-state index in [0.29, 0.717) is 0 Å². The van der Waals surface area contributed by atoms with Gasteiger partial charge in [0.05, 0.1) is 29.6 Å². The number of anilines is 2. The number of hydrogen-bond acceptors (Lipinski definition) is 7. The Labute approximate surface area is 194 Å². The van der Waals surface area contributed by atoms with E-state index < -0.39 is 34.9 Å². The predicted molar refractivity (Wildman–Crippen MR) is 119 cm³/mol. The lowest BCUT2D eigenvalue weighted by Gasteiger charge is -2.18. The Balaban J connectivity index is 2.02. The number of benzene rings is 1. The largest absolute Gasteiger partial charge is 0.464 e. The lowest BCUT2D eigenvalue weighted by atomic mass is 10.1. The van der Waals surface area contributed by atoms with E-state index in [1.807, 2.05) is 0 Å². The second-order valence-electron chi connectivity index (χ2n) is 6.63. The lowest BCUT2D eigenvalue weighted by Crippen LogP contribution is -2.27. The van der Waals surface area contributed by atoms with Crippen LogP contribution in [0.5, 0.6) is 0 Å². The summed E-state index contributed by atoms with van der Waals surface area (Å²) in [5.74, 6) is -2.14. The van der Waals surface area contributed by atoms with Crippen LogP contribution >= 0.6 is 11.6 Å². The van der Waals surface area contributed by atoms with Crippen LogP contribution in [0.3, 0.4) is 0 Å². The fourth-order valence-corrected chi connectivity index (χ4v) is 3.20. The molecule has 0 spiro atoms. The zero-order valence-corrected chi connectivity index (χ0v) is 18.0. The quantitative estimate of drug-likeness (QED) is 0.234. The number of aromatic amines is 1. The zero-order valence-electron chi connectivity index (χ0n) is 17.2. The van der Waals surface area contributed by atoms with E-state index >= 15 is 0 Å². The first-order valence-electron chi connectivity index (χ1n) is 9.31. The van der Waals surface area contributed by atoms with Crippen molar-refractivity contribution in [3.63, 3.8) is 0 Å². The highest BCUT2D eigenvalue weighted by Gasteiger charge is 2.38. The third-order valence-electron chi connectivity index (χ3n) is 4.49. The molecule has 3 aromatic rings. The van der Waals surface area contributed by atoms with Crippen LogP contribution in [-0.4, -0.2) is 41.3 Å². The van der Waals surface area contributed by atoms with Gasteiger partial charge in [-0.15, -0.1) is 0 Å². The van der Waals surface area contributed by atoms with Crippen LogP contribution in [0.2, 0.25) is 5.02 Å². The van der Waals surface area contributed by atoms with Gasteiger partial charge >= 0.3 is 12.1 Å². The van der Waals surface area contributed by atoms with Crippen LogP contribution in [0.4, 0.5) is 24.5 Å². The van der Waals surface area contributed by atoms with Crippen LogP contribution in [0.15, 0.2) is 58.8 Å². The Kier molecular flexibility index (Phi) is 7.01. The average molecular weight is 494 g/mol. The molecule has 1 amide bonds. The molecule has 0 aliphatic rings. The molecule has 0 saturated carbocycles. The smallest absolute Gasteiger partial charge is 0.432 e. The molecule has 2 aromatic heterocycles. The molecule has 3 rings (SSSR count). The summed E-state index contributed by atoms with van der Waals surface area (Å²) in [4.78, 5) is 42.3. The number of nitrogens with zero attached hydrogens (tertiary/aromatic N) is 1. The van der Waals surface area contributed by atoms with Crippen LogP contribution in [0, 0.1) is 5.41 Å². The summed E-state index contributed by atoms with van der Waals surface area (Å²) in [6.07, 6.45) is -2.57. The maximum Gasteiger partial charge on any atom is 0.432 e. The summed E-state index contributed by atoms with van der Waals surface area (Å²) in [6.45, 7) is 0. The number of methoxy groups -OCH3 is 1. The molecule has 0 aliphatic carbocycles. The first kappa shape index (κ1) is 24.5. The number of esters is 1. The van der Waals surface area contributed by atoms with E-state index in [4.69, 9.17) is 17.0 Å². The molecule has 2 heterocycles. The molecule has 0 bridgehead atoms. The van der Waals surface area contributed by atoms with Gasteiger partial charge in [-0.25, -0.2) is 9.78 Å². The number of fused-ring (bicyclic) bond motifs is 1. The molecular weight excluding hydrogens is 479 g/mol. The second-order valence-corrected chi connectivity index (χ2v) is 7.04. The van der Waals surface area contributed by atoms with Gasteiger partial charge in [0.15, 0.2) is 5.69 Å². The minimum absolute atomic E-state index is 0.102. The van der Waals surface area contributed by atoms with Gasteiger partial charge in [-0.1, -0.05) is 17.7 Å². The SMILES string of the molecule is COC(=O)c1ncc(NC(=O)/C(C=N)=C(/Nc2cccc3c(=O)[nH]ccc23)C(F)(F)F)cc1Cl. The molecule has 176 valence electrons. The molecule has 0 atom stereocenters. The molecule has 0 fully saturated rings. The van der Waals surface area contributed by atoms with Gasteiger partial charge in [0.2, 0.25) is 0 Å². The predicted octanol–water partition coefficient (Wildman–Crippen LogP) is 3.88. The summed E-state index contributed by atoms with van der Waals surface area (Å²) >= 11 is 5.92. The summed E-state index contributed by atoms with van der Waals surface area (Å²) in [5, 5.41) is 11.8. The van der Waals surface area contributed by atoms with Crippen molar-refractivity contribution in [1.82, 2.24) is 9.97 Å². The maximum atomic E-state index is 13.9. The van der Waals surface area contributed by atoms with Gasteiger partial charge in [0.1, 0.15) is 5.70 Å². The van der Waals surface area contributed by atoms with Crippen molar-refractivity contribution in [2.24, 2.45) is 0 Å². The van der Waals surface area contributed by atoms with E-state index in [9.17, 15) is 27.6 Å². The van der Waals surface area contributed by atoms with Crippen LogP contribution in [-0.2, 0) is 9.53 Å². The summed E-state index contributed by atoms with van der Waals surface area (Å²) in [6, 6.07) is 6.58. The van der Waals surface area contributed by atoms with E-state index in [2.05, 4.69) is 25.3 Å². The fourth-order valence-electron chi connectivity index (χ4n) is 2.96. The Morgan fingerprint density at radius 2 is 1.94 bits per heavy atom. The van der Waals surface area contributed by atoms with E-state index in [1.165, 1.54) is 30.5 Å². The van der Waals surface area contributed by atoms with E-state index in [0.717, 1.165) is 19.4 Å². The number of amides is 1. The first-order valence-corrected chi connectivity index (χ1v) is 9.69. The average Bonchev–Trinajstić information content (AvgIpc) is 2.78. The van der Waals surface area contributed by atoms with Crippen molar-refractivity contribution < 1.29 is 27.5 Å². The molecule has 0 unspecified atom stereocenters. The summed E-state index contributed by atoms with van der Waals surface area (Å²) in [5.41, 5.74) is -3.58. The number of H-pyrrole nitrogens is 1. The molecule has 13 heteroatoms. The molecule has 0 radical (unpaired) electrons. The highest BCUT2D eigenvalue weighted by atomic mass is 35.5. The number of alkyl halides is 3. The second kappa shape index (κ2) is 9.75. The summed E-state index contributed by atoms with van der Waals surface area (Å²) < 4.78 is 46.2. The Hall–Kier alpha value is -4.19. The fraction of sp³-hybridized carbons (Fsp3) is 0.0952. The molecule has 1 aromatic carbocycles. The van der Waals surface area contributed by atoms with E-state index in [-0.39, 0.29) is 39.1 Å². The van der Waals surface area contributed by atoms with Gasteiger partial charge in [-0.05, 0) is 24.3 Å². The van der Waals surface area contributed by atoms with Crippen molar-refractivity contribution in [3.8, 4) is 0 Å². The number of aromatic nitrogens is 2. The van der Waals surface area contributed by atoms with Crippen molar-refractivity contribution >= 4 is 51.8 Å². The van der Waals surface area contributed by atoms with Gasteiger partial charge in [-0.3, -0.25) is 9.59 Å². The Morgan fingerprint density at radius 3 is 2.56 bits per heavy atom. The molecular formula is C21H15ClF3N5O4. The van der Waals surface area contributed by atoms with Gasteiger partial charge in [0, 0.05) is 28.9 Å². The minimum Gasteiger partial charge on any atom is -0.464 e. The molecule has 0 saturated heterocycles. The van der Waals surface area contributed by atoms with Crippen molar-refractivity contribution in [3.05, 3.63) is 75.1 Å². The topological polar surface area (TPSA) is 137 Å². The number of pyridine rings is 2. The minimum atomic E-state index is -5.07. The van der Waals surface area contributed by atoms with Crippen molar-refractivity contribution in [2.45, 2.75) is 6.18 Å². The molecule has 34 heavy (non-hydrogen) atoms. The number of allylic oxidation sites excluding steroid dienone is 1. The van der Waals surface area contributed by atoms with Crippen LogP contribution < -0.4 is 16.2 Å². The first-order chi connectivity index (χ1) is 16.1. The third-order valence-corrected chi connectivity index (χ3v) is 4.78. The normalized spacial score (nSPS) is 12.0. The van der Waals surface area contributed by atoms with Gasteiger partial charge in [-0.2, -0.15) is 13.2 Å². The highest BCUT2D eigenvalue weighted by molar-refractivity contribution is 6.33. The van der Waals surface area contributed by atoms with Gasteiger partial charge < -0.3 is 25.8 Å².